The van der Waals surface area contributed by atoms with Crippen molar-refractivity contribution in [3.63, 3.8) is 0 Å². The zero-order chi connectivity index (χ0) is 21.3. The van der Waals surface area contributed by atoms with Crippen molar-refractivity contribution in [2.45, 2.75) is 26.2 Å². The lowest BCUT2D eigenvalue weighted by molar-refractivity contribution is -0.125. The summed E-state index contributed by atoms with van der Waals surface area (Å²) in [6.45, 7) is 3.63. The van der Waals surface area contributed by atoms with Gasteiger partial charge in [0.25, 0.3) is 0 Å². The Morgan fingerprint density at radius 3 is 2.87 bits per heavy atom. The van der Waals surface area contributed by atoms with Gasteiger partial charge in [-0.2, -0.15) is 0 Å². The largest absolute Gasteiger partial charge is 0.337 e. The standard InChI is InChI=1S/C21H27N5O3S/c1-15-5-2-8-18(23-15)24-20(28)16-6-3-11-26(13-16)14-19(27)25-21(29)22-10-9-17-7-4-12-30-17/h2,4-5,7-8,12,16H,3,6,9-11,13-14H2,1H3,(H,23,24,28)(H2,22,25,27,29). The number of imide groups is 1. The van der Waals surface area contributed by atoms with Gasteiger partial charge in [-0.15, -0.1) is 11.3 Å². The van der Waals surface area contributed by atoms with Crippen molar-refractivity contribution >= 4 is 35.0 Å². The van der Waals surface area contributed by atoms with Crippen molar-refractivity contribution in [3.05, 3.63) is 46.3 Å². The van der Waals surface area contributed by atoms with Crippen molar-refractivity contribution < 1.29 is 14.4 Å². The van der Waals surface area contributed by atoms with Crippen LogP contribution in [0.4, 0.5) is 10.6 Å². The molecule has 1 atom stereocenters. The van der Waals surface area contributed by atoms with Crippen LogP contribution in [0.5, 0.6) is 0 Å². The normalized spacial score (nSPS) is 16.6. The molecule has 1 saturated heterocycles. The van der Waals surface area contributed by atoms with Crippen LogP contribution in [0.15, 0.2) is 35.7 Å². The van der Waals surface area contributed by atoms with E-state index in [1.807, 2.05) is 41.5 Å². The Morgan fingerprint density at radius 1 is 1.23 bits per heavy atom. The molecule has 9 heteroatoms. The van der Waals surface area contributed by atoms with E-state index >= 15 is 0 Å². The van der Waals surface area contributed by atoms with Crippen LogP contribution in [0.25, 0.3) is 0 Å². The van der Waals surface area contributed by atoms with Crippen LogP contribution in [-0.2, 0) is 16.0 Å². The number of aromatic nitrogens is 1. The van der Waals surface area contributed by atoms with E-state index in [0.717, 1.165) is 31.5 Å². The molecule has 3 N–H and O–H groups in total. The molecule has 0 spiro atoms. The lowest BCUT2D eigenvalue weighted by Crippen LogP contribution is -2.48. The number of urea groups is 1. The van der Waals surface area contributed by atoms with Gasteiger partial charge in [-0.1, -0.05) is 12.1 Å². The van der Waals surface area contributed by atoms with Crippen molar-refractivity contribution in [2.75, 3.05) is 31.5 Å². The van der Waals surface area contributed by atoms with Crippen LogP contribution < -0.4 is 16.0 Å². The minimum atomic E-state index is -0.492. The van der Waals surface area contributed by atoms with Crippen molar-refractivity contribution in [3.8, 4) is 0 Å². The first-order valence-corrected chi connectivity index (χ1v) is 10.9. The van der Waals surface area contributed by atoms with E-state index in [4.69, 9.17) is 0 Å². The highest BCUT2D eigenvalue weighted by molar-refractivity contribution is 7.09. The smallest absolute Gasteiger partial charge is 0.321 e. The van der Waals surface area contributed by atoms with Gasteiger partial charge in [0.1, 0.15) is 5.82 Å². The number of likely N-dealkylation sites (tertiary alicyclic amines) is 1. The number of aryl methyl sites for hydroxylation is 1. The first-order chi connectivity index (χ1) is 14.5. The summed E-state index contributed by atoms with van der Waals surface area (Å²) in [5.74, 6) is -0.142. The van der Waals surface area contributed by atoms with Gasteiger partial charge in [-0.3, -0.25) is 19.8 Å². The number of nitrogens with zero attached hydrogens (tertiary/aromatic N) is 2. The first-order valence-electron chi connectivity index (χ1n) is 10.1. The molecule has 1 fully saturated rings. The maximum atomic E-state index is 12.6. The molecule has 0 radical (unpaired) electrons. The van der Waals surface area contributed by atoms with Crippen LogP contribution in [0.2, 0.25) is 0 Å². The number of nitrogens with one attached hydrogen (secondary N) is 3. The fraction of sp³-hybridized carbons (Fsp3) is 0.429. The number of rotatable bonds is 7. The molecule has 3 rings (SSSR count). The molecule has 0 bridgehead atoms. The van der Waals surface area contributed by atoms with E-state index in [1.165, 1.54) is 4.88 Å². The van der Waals surface area contributed by atoms with Gasteiger partial charge in [0.2, 0.25) is 11.8 Å². The third-order valence-electron chi connectivity index (χ3n) is 4.87. The Bertz CT molecular complexity index is 871. The fourth-order valence-electron chi connectivity index (χ4n) is 3.42. The Morgan fingerprint density at radius 2 is 2.10 bits per heavy atom. The SMILES string of the molecule is Cc1cccc(NC(=O)C2CCCN(CC(=O)NC(=O)NCCc3cccs3)C2)n1. The van der Waals surface area contributed by atoms with Crippen molar-refractivity contribution in [1.82, 2.24) is 20.5 Å². The average molecular weight is 430 g/mol. The Hall–Kier alpha value is -2.78. The number of hydrogen-bond donors (Lipinski definition) is 3. The number of thiophene rings is 1. The molecular weight excluding hydrogens is 402 g/mol. The fourth-order valence-corrected chi connectivity index (χ4v) is 4.13. The molecular formula is C21H27N5O3S. The summed E-state index contributed by atoms with van der Waals surface area (Å²) in [7, 11) is 0. The molecule has 160 valence electrons. The van der Waals surface area contributed by atoms with E-state index in [9.17, 15) is 14.4 Å². The minimum Gasteiger partial charge on any atom is -0.337 e. The second kappa shape index (κ2) is 10.8. The average Bonchev–Trinajstić information content (AvgIpc) is 3.21. The molecule has 4 amide bonds. The summed E-state index contributed by atoms with van der Waals surface area (Å²) < 4.78 is 0. The maximum absolute atomic E-state index is 12.6. The second-order valence-electron chi connectivity index (χ2n) is 7.36. The highest BCUT2D eigenvalue weighted by Crippen LogP contribution is 2.18. The van der Waals surface area contributed by atoms with Crippen molar-refractivity contribution in [2.24, 2.45) is 5.92 Å². The zero-order valence-corrected chi connectivity index (χ0v) is 17.8. The molecule has 0 aliphatic carbocycles. The summed E-state index contributed by atoms with van der Waals surface area (Å²) in [5.41, 5.74) is 0.836. The molecule has 2 aromatic rings. The van der Waals surface area contributed by atoms with Crippen LogP contribution in [0.3, 0.4) is 0 Å². The molecule has 30 heavy (non-hydrogen) atoms. The lowest BCUT2D eigenvalue weighted by Gasteiger charge is -2.31. The maximum Gasteiger partial charge on any atom is 0.321 e. The van der Waals surface area contributed by atoms with E-state index in [2.05, 4.69) is 20.9 Å². The molecule has 1 aliphatic rings. The molecule has 2 aromatic heterocycles. The molecule has 1 aliphatic heterocycles. The summed E-state index contributed by atoms with van der Waals surface area (Å²) in [6, 6.07) is 8.96. The third kappa shape index (κ3) is 6.93. The van der Waals surface area contributed by atoms with E-state index in [1.54, 1.807) is 17.4 Å². The number of piperidine rings is 1. The van der Waals surface area contributed by atoms with Gasteiger partial charge in [0, 0.05) is 23.7 Å². The lowest BCUT2D eigenvalue weighted by atomic mass is 9.97. The number of hydrogen-bond acceptors (Lipinski definition) is 6. The van der Waals surface area contributed by atoms with Gasteiger partial charge < -0.3 is 10.6 Å². The Kier molecular flexibility index (Phi) is 7.92. The first kappa shape index (κ1) is 21.9. The van der Waals surface area contributed by atoms with Crippen LogP contribution in [0, 0.1) is 12.8 Å². The number of carbonyl (C=O) groups excluding carboxylic acids is 3. The summed E-state index contributed by atoms with van der Waals surface area (Å²) >= 11 is 1.63. The van der Waals surface area contributed by atoms with Gasteiger partial charge in [0.15, 0.2) is 0 Å². The molecule has 0 aromatic carbocycles. The monoisotopic (exact) mass is 429 g/mol. The number of pyridine rings is 1. The highest BCUT2D eigenvalue weighted by atomic mass is 32.1. The molecule has 8 nitrogen and oxygen atoms in total. The molecule has 1 unspecified atom stereocenters. The summed E-state index contributed by atoms with van der Waals surface area (Å²) in [5, 5.41) is 9.90. The van der Waals surface area contributed by atoms with E-state index in [-0.39, 0.29) is 24.3 Å². The summed E-state index contributed by atoms with van der Waals surface area (Å²) in [4.78, 5) is 44.0. The number of anilines is 1. The molecule has 0 saturated carbocycles. The Balaban J connectivity index is 1.39. The quantitative estimate of drug-likeness (QED) is 0.626. The van der Waals surface area contributed by atoms with Gasteiger partial charge in [0.05, 0.1) is 12.5 Å². The van der Waals surface area contributed by atoms with Gasteiger partial charge in [-0.05, 0) is 56.3 Å². The predicted octanol–water partition coefficient (Wildman–Crippen LogP) is 2.17. The van der Waals surface area contributed by atoms with Crippen LogP contribution in [0.1, 0.15) is 23.4 Å². The van der Waals surface area contributed by atoms with Gasteiger partial charge >= 0.3 is 6.03 Å². The van der Waals surface area contributed by atoms with Crippen LogP contribution in [-0.4, -0.2) is 53.9 Å². The zero-order valence-electron chi connectivity index (χ0n) is 17.0. The minimum absolute atomic E-state index is 0.0881. The van der Waals surface area contributed by atoms with E-state index < -0.39 is 6.03 Å². The van der Waals surface area contributed by atoms with Gasteiger partial charge in [-0.25, -0.2) is 9.78 Å². The second-order valence-corrected chi connectivity index (χ2v) is 8.39. The van der Waals surface area contributed by atoms with E-state index in [0.29, 0.717) is 18.9 Å². The number of carbonyl (C=O) groups is 3. The van der Waals surface area contributed by atoms with Crippen LogP contribution >= 0.6 is 11.3 Å². The topological polar surface area (TPSA) is 103 Å². The summed E-state index contributed by atoms with van der Waals surface area (Å²) in [6.07, 6.45) is 2.32. The predicted molar refractivity (Wildman–Crippen MR) is 116 cm³/mol. The van der Waals surface area contributed by atoms with Crippen molar-refractivity contribution in [1.29, 1.82) is 0 Å². The Labute approximate surface area is 180 Å². The number of amides is 4. The highest BCUT2D eigenvalue weighted by Gasteiger charge is 2.27. The third-order valence-corrected chi connectivity index (χ3v) is 5.81. The molecule has 3 heterocycles.